The summed E-state index contributed by atoms with van der Waals surface area (Å²) in [5.41, 5.74) is 6.01. The van der Waals surface area contributed by atoms with Gasteiger partial charge in [-0.25, -0.2) is 9.48 Å². The van der Waals surface area contributed by atoms with Crippen molar-refractivity contribution in [1.82, 2.24) is 15.0 Å². The quantitative estimate of drug-likeness (QED) is 0.635. The molecule has 1 rings (SSSR count). The molecule has 0 unspecified atom stereocenters. The van der Waals surface area contributed by atoms with Gasteiger partial charge >= 0.3 is 5.97 Å². The summed E-state index contributed by atoms with van der Waals surface area (Å²) in [6.07, 6.45) is 1.45. The Morgan fingerprint density at radius 2 is 2.21 bits per heavy atom. The van der Waals surface area contributed by atoms with Crippen LogP contribution in [0.5, 0.6) is 0 Å². The van der Waals surface area contributed by atoms with Crippen LogP contribution in [-0.2, 0) is 17.7 Å². The summed E-state index contributed by atoms with van der Waals surface area (Å²) in [5, 5.41) is 16.5. The van der Waals surface area contributed by atoms with E-state index in [9.17, 15) is 4.79 Å². The molecule has 1 aromatic rings. The summed E-state index contributed by atoms with van der Waals surface area (Å²) in [5.74, 6) is -0.465. The van der Waals surface area contributed by atoms with E-state index < -0.39 is 5.97 Å². The molecular weight excluding hydrogens is 248 g/mol. The Kier molecular flexibility index (Phi) is 6.44. The number of nitrogens with two attached hydrogens (primary N) is 1. The summed E-state index contributed by atoms with van der Waals surface area (Å²) >= 11 is 0. The van der Waals surface area contributed by atoms with Gasteiger partial charge in [0.25, 0.3) is 0 Å². The highest BCUT2D eigenvalue weighted by atomic mass is 16.5. The molecule has 0 bridgehead atoms. The first-order valence-electron chi connectivity index (χ1n) is 6.49. The smallest absolute Gasteiger partial charge is 0.358 e. The summed E-state index contributed by atoms with van der Waals surface area (Å²) in [6, 6.07) is 0. The highest BCUT2D eigenvalue weighted by Crippen LogP contribution is 2.06. The number of carboxylic acids is 1. The third-order valence-electron chi connectivity index (χ3n) is 2.71. The first kappa shape index (κ1) is 15.6. The molecule has 0 radical (unpaired) electrons. The zero-order valence-electron chi connectivity index (χ0n) is 11.5. The lowest BCUT2D eigenvalue weighted by Crippen LogP contribution is -2.16. The molecule has 0 saturated heterocycles. The molecule has 7 heteroatoms. The van der Waals surface area contributed by atoms with Gasteiger partial charge in [0.15, 0.2) is 5.69 Å². The average molecular weight is 270 g/mol. The second kappa shape index (κ2) is 7.85. The van der Waals surface area contributed by atoms with Gasteiger partial charge in [0, 0.05) is 13.0 Å². The maximum absolute atomic E-state index is 11.0. The molecule has 108 valence electrons. The van der Waals surface area contributed by atoms with E-state index >= 15 is 0 Å². The first-order valence-corrected chi connectivity index (χ1v) is 6.49. The second-order valence-electron chi connectivity index (χ2n) is 4.75. The van der Waals surface area contributed by atoms with Crippen LogP contribution in [0.4, 0.5) is 0 Å². The van der Waals surface area contributed by atoms with Crippen LogP contribution in [0, 0.1) is 5.92 Å². The number of carboxylic acid groups (broad SMARTS) is 1. The largest absolute Gasteiger partial charge is 0.476 e. The standard InChI is InChI=1S/C12H22N4O3/c1-9(2)4-7-19-8-6-16-10(3-5-13)11(12(17)18)14-15-16/h9H,3-8,13H2,1-2H3,(H,17,18). The van der Waals surface area contributed by atoms with Crippen LogP contribution in [0.3, 0.4) is 0 Å². The van der Waals surface area contributed by atoms with Crippen LogP contribution < -0.4 is 5.73 Å². The van der Waals surface area contributed by atoms with Crippen molar-refractivity contribution in [2.24, 2.45) is 11.7 Å². The van der Waals surface area contributed by atoms with Gasteiger partial charge in [-0.2, -0.15) is 0 Å². The Labute approximate surface area is 112 Å². The Balaban J connectivity index is 2.51. The zero-order chi connectivity index (χ0) is 14.3. The molecule has 0 fully saturated rings. The Bertz CT molecular complexity index is 404. The third-order valence-corrected chi connectivity index (χ3v) is 2.71. The molecule has 19 heavy (non-hydrogen) atoms. The third kappa shape index (κ3) is 4.96. The van der Waals surface area contributed by atoms with E-state index in [2.05, 4.69) is 24.2 Å². The molecule has 0 spiro atoms. The van der Waals surface area contributed by atoms with Crippen molar-refractivity contribution >= 4 is 5.97 Å². The predicted molar refractivity (Wildman–Crippen MR) is 70.0 cm³/mol. The minimum absolute atomic E-state index is 0.0207. The topological polar surface area (TPSA) is 103 Å². The molecular formula is C12H22N4O3. The van der Waals surface area contributed by atoms with Crippen molar-refractivity contribution in [3.63, 3.8) is 0 Å². The highest BCUT2D eigenvalue weighted by Gasteiger charge is 2.17. The maximum Gasteiger partial charge on any atom is 0.358 e. The van der Waals surface area contributed by atoms with Crippen molar-refractivity contribution in [1.29, 1.82) is 0 Å². The Morgan fingerprint density at radius 1 is 1.47 bits per heavy atom. The fourth-order valence-corrected chi connectivity index (χ4v) is 1.63. The average Bonchev–Trinajstić information content (AvgIpc) is 2.72. The number of ether oxygens (including phenoxy) is 1. The van der Waals surface area contributed by atoms with Gasteiger partial charge < -0.3 is 15.6 Å². The van der Waals surface area contributed by atoms with Gasteiger partial charge in [-0.3, -0.25) is 0 Å². The van der Waals surface area contributed by atoms with Crippen LogP contribution in [0.15, 0.2) is 0 Å². The molecule has 0 aromatic carbocycles. The highest BCUT2D eigenvalue weighted by molar-refractivity contribution is 5.86. The molecule has 0 aliphatic carbocycles. The SMILES string of the molecule is CC(C)CCOCCn1nnc(C(=O)O)c1CCN. The molecule has 3 N–H and O–H groups in total. The summed E-state index contributed by atoms with van der Waals surface area (Å²) < 4.78 is 7.05. The van der Waals surface area contributed by atoms with Gasteiger partial charge in [0.1, 0.15) is 0 Å². The van der Waals surface area contributed by atoms with Gasteiger partial charge in [-0.1, -0.05) is 19.1 Å². The number of aromatic carboxylic acids is 1. The fraction of sp³-hybridized carbons (Fsp3) is 0.750. The van der Waals surface area contributed by atoms with Crippen molar-refractivity contribution in [2.75, 3.05) is 19.8 Å². The molecule has 0 atom stereocenters. The van der Waals surface area contributed by atoms with Gasteiger partial charge in [-0.05, 0) is 18.9 Å². The van der Waals surface area contributed by atoms with Gasteiger partial charge in [0.05, 0.1) is 18.8 Å². The molecule has 0 aliphatic heterocycles. The number of hydrogen-bond donors (Lipinski definition) is 2. The van der Waals surface area contributed by atoms with E-state index in [0.717, 1.165) is 6.42 Å². The van der Waals surface area contributed by atoms with E-state index in [1.807, 2.05) is 0 Å². The minimum atomic E-state index is -1.07. The molecule has 0 aliphatic rings. The van der Waals surface area contributed by atoms with Crippen LogP contribution in [0.25, 0.3) is 0 Å². The summed E-state index contributed by atoms with van der Waals surface area (Å²) in [4.78, 5) is 11.0. The minimum Gasteiger partial charge on any atom is -0.476 e. The van der Waals surface area contributed by atoms with E-state index in [4.69, 9.17) is 15.6 Å². The first-order chi connectivity index (χ1) is 9.06. The maximum atomic E-state index is 11.0. The van der Waals surface area contributed by atoms with E-state index in [1.165, 1.54) is 0 Å². The molecule has 1 aromatic heterocycles. The fourth-order valence-electron chi connectivity index (χ4n) is 1.63. The Morgan fingerprint density at radius 3 is 2.79 bits per heavy atom. The van der Waals surface area contributed by atoms with Crippen LogP contribution >= 0.6 is 0 Å². The number of rotatable bonds is 9. The molecule has 0 amide bonds. The molecule has 7 nitrogen and oxygen atoms in total. The van der Waals surface area contributed by atoms with Crippen LogP contribution in [0.2, 0.25) is 0 Å². The van der Waals surface area contributed by atoms with E-state index in [1.54, 1.807) is 4.68 Å². The van der Waals surface area contributed by atoms with Crippen molar-refractivity contribution in [2.45, 2.75) is 33.2 Å². The van der Waals surface area contributed by atoms with Crippen LogP contribution in [-0.4, -0.2) is 45.8 Å². The van der Waals surface area contributed by atoms with Crippen molar-refractivity contribution in [3.05, 3.63) is 11.4 Å². The van der Waals surface area contributed by atoms with E-state index in [-0.39, 0.29) is 5.69 Å². The lowest BCUT2D eigenvalue weighted by atomic mass is 10.1. The monoisotopic (exact) mass is 270 g/mol. The normalized spacial score (nSPS) is 11.2. The Hall–Kier alpha value is -1.47. The number of carbonyl (C=O) groups is 1. The second-order valence-corrected chi connectivity index (χ2v) is 4.75. The molecule has 1 heterocycles. The number of aromatic nitrogens is 3. The van der Waals surface area contributed by atoms with Gasteiger partial charge in [-0.15, -0.1) is 5.10 Å². The number of nitrogens with zero attached hydrogens (tertiary/aromatic N) is 3. The van der Waals surface area contributed by atoms with Gasteiger partial charge in [0.2, 0.25) is 0 Å². The molecule has 0 saturated carbocycles. The van der Waals surface area contributed by atoms with Crippen LogP contribution in [0.1, 0.15) is 36.5 Å². The summed E-state index contributed by atoms with van der Waals surface area (Å²) in [7, 11) is 0. The zero-order valence-corrected chi connectivity index (χ0v) is 11.5. The van der Waals surface area contributed by atoms with Crippen molar-refractivity contribution < 1.29 is 14.6 Å². The van der Waals surface area contributed by atoms with E-state index in [0.29, 0.717) is 44.3 Å². The lowest BCUT2D eigenvalue weighted by Gasteiger charge is -2.08. The van der Waals surface area contributed by atoms with Crippen molar-refractivity contribution in [3.8, 4) is 0 Å². The lowest BCUT2D eigenvalue weighted by molar-refractivity contribution is 0.0689. The predicted octanol–water partition coefficient (Wildman–Crippen LogP) is 0.540. The number of hydrogen-bond acceptors (Lipinski definition) is 5. The summed E-state index contributed by atoms with van der Waals surface area (Å²) in [6.45, 7) is 6.32.